The molecular formula is C23H26N4O2. The standard InChI is InChI=1S/C23H26N4O2/c1-26(2)13-7-12-24-21-16-8-5-6-9-19(16)27(3)22-20(21)17-14-15(23(28)29-4)10-11-18(17)25-22/h5-6,8-11,14,25H,7,12-13H2,1-4H3. The van der Waals surface area contributed by atoms with Crippen molar-refractivity contribution in [2.75, 3.05) is 34.3 Å². The molecule has 0 amide bonds. The second kappa shape index (κ2) is 7.72. The smallest absolute Gasteiger partial charge is 0.337 e. The van der Waals surface area contributed by atoms with Gasteiger partial charge in [0.2, 0.25) is 0 Å². The van der Waals surface area contributed by atoms with Crippen LogP contribution in [-0.2, 0) is 11.8 Å². The third-order valence-corrected chi connectivity index (χ3v) is 5.33. The molecule has 0 bridgehead atoms. The Kier molecular flexibility index (Phi) is 5.11. The average molecular weight is 390 g/mol. The Morgan fingerprint density at radius 1 is 1.17 bits per heavy atom. The van der Waals surface area contributed by atoms with Crippen molar-refractivity contribution in [3.05, 3.63) is 53.4 Å². The molecule has 0 saturated heterocycles. The molecule has 4 aromatic rings. The highest BCUT2D eigenvalue weighted by molar-refractivity contribution is 6.11. The zero-order valence-corrected chi connectivity index (χ0v) is 17.3. The highest BCUT2D eigenvalue weighted by Crippen LogP contribution is 2.27. The predicted molar refractivity (Wildman–Crippen MR) is 117 cm³/mol. The van der Waals surface area contributed by atoms with Crippen molar-refractivity contribution in [3.8, 4) is 0 Å². The van der Waals surface area contributed by atoms with Gasteiger partial charge in [-0.05, 0) is 51.3 Å². The molecule has 0 unspecified atom stereocenters. The molecule has 2 heterocycles. The lowest BCUT2D eigenvalue weighted by Gasteiger charge is -2.10. The fourth-order valence-corrected chi connectivity index (χ4v) is 3.88. The molecule has 0 spiro atoms. The van der Waals surface area contributed by atoms with Crippen molar-refractivity contribution in [2.45, 2.75) is 6.42 Å². The first-order chi connectivity index (χ1) is 14.0. The quantitative estimate of drug-likeness (QED) is 0.419. The lowest BCUT2D eigenvalue weighted by molar-refractivity contribution is 0.0601. The molecule has 2 aromatic carbocycles. The van der Waals surface area contributed by atoms with Gasteiger partial charge in [0.05, 0.1) is 28.9 Å². The fraction of sp³-hybridized carbons (Fsp3) is 0.304. The minimum Gasteiger partial charge on any atom is -0.465 e. The maximum Gasteiger partial charge on any atom is 0.337 e. The summed E-state index contributed by atoms with van der Waals surface area (Å²) >= 11 is 0. The maximum absolute atomic E-state index is 12.1. The molecule has 4 rings (SSSR count). The van der Waals surface area contributed by atoms with E-state index in [-0.39, 0.29) is 5.97 Å². The van der Waals surface area contributed by atoms with Gasteiger partial charge in [0, 0.05) is 29.9 Å². The van der Waals surface area contributed by atoms with Crippen LogP contribution >= 0.6 is 0 Å². The van der Waals surface area contributed by atoms with Crippen LogP contribution in [0.25, 0.3) is 32.8 Å². The molecule has 1 N–H and O–H groups in total. The number of fused-ring (bicyclic) bond motifs is 4. The molecule has 29 heavy (non-hydrogen) atoms. The Labute approximate surface area is 169 Å². The number of aryl methyl sites for hydroxylation is 1. The number of nitrogens with one attached hydrogen (secondary N) is 1. The molecule has 0 aliphatic rings. The van der Waals surface area contributed by atoms with Gasteiger partial charge in [-0.15, -0.1) is 0 Å². The van der Waals surface area contributed by atoms with Gasteiger partial charge < -0.3 is 19.2 Å². The van der Waals surface area contributed by atoms with Crippen molar-refractivity contribution in [1.82, 2.24) is 14.5 Å². The molecule has 0 fully saturated rings. The van der Waals surface area contributed by atoms with Crippen molar-refractivity contribution in [2.24, 2.45) is 12.0 Å². The predicted octanol–water partition coefficient (Wildman–Crippen LogP) is 3.45. The van der Waals surface area contributed by atoms with Crippen molar-refractivity contribution in [1.29, 1.82) is 0 Å². The number of carbonyl (C=O) groups is 1. The minimum atomic E-state index is -0.337. The highest BCUT2D eigenvalue weighted by Gasteiger charge is 2.15. The summed E-state index contributed by atoms with van der Waals surface area (Å²) in [6, 6.07) is 13.9. The number of benzene rings is 2. The summed E-state index contributed by atoms with van der Waals surface area (Å²) in [5.41, 5.74) is 3.62. The Bertz CT molecular complexity index is 1280. The third kappa shape index (κ3) is 3.40. The molecule has 0 aliphatic carbocycles. The summed E-state index contributed by atoms with van der Waals surface area (Å²) in [4.78, 5) is 22.8. The van der Waals surface area contributed by atoms with E-state index in [4.69, 9.17) is 9.73 Å². The number of aromatic nitrogens is 2. The molecule has 0 atom stereocenters. The van der Waals surface area contributed by atoms with E-state index in [0.29, 0.717) is 5.56 Å². The third-order valence-electron chi connectivity index (χ3n) is 5.33. The van der Waals surface area contributed by atoms with E-state index in [1.54, 1.807) is 6.07 Å². The highest BCUT2D eigenvalue weighted by atomic mass is 16.5. The number of methoxy groups -OCH3 is 1. The number of H-pyrrole nitrogens is 1. The van der Waals surface area contributed by atoms with Gasteiger partial charge in [0.1, 0.15) is 5.65 Å². The average Bonchev–Trinajstić information content (AvgIpc) is 3.11. The normalized spacial score (nSPS) is 12.5. The fourth-order valence-electron chi connectivity index (χ4n) is 3.88. The maximum atomic E-state index is 12.1. The molecule has 6 heteroatoms. The van der Waals surface area contributed by atoms with Crippen molar-refractivity contribution >= 4 is 38.8 Å². The number of hydrogen-bond acceptors (Lipinski definition) is 4. The Hall–Kier alpha value is -3.12. The van der Waals surface area contributed by atoms with E-state index < -0.39 is 0 Å². The first kappa shape index (κ1) is 19.2. The lowest BCUT2D eigenvalue weighted by atomic mass is 10.1. The summed E-state index contributed by atoms with van der Waals surface area (Å²) < 4.78 is 7.07. The number of carbonyl (C=O) groups excluding carboxylic acids is 1. The van der Waals surface area contributed by atoms with Crippen LogP contribution in [0.4, 0.5) is 0 Å². The summed E-state index contributed by atoms with van der Waals surface area (Å²) in [5.74, 6) is -0.337. The molecule has 150 valence electrons. The lowest BCUT2D eigenvalue weighted by Crippen LogP contribution is -2.15. The summed E-state index contributed by atoms with van der Waals surface area (Å²) in [5, 5.41) is 4.10. The Balaban J connectivity index is 2.05. The second-order valence-corrected chi connectivity index (χ2v) is 7.56. The van der Waals surface area contributed by atoms with Gasteiger partial charge in [0.25, 0.3) is 0 Å². The van der Waals surface area contributed by atoms with Gasteiger partial charge in [-0.3, -0.25) is 4.99 Å². The number of ether oxygens (including phenoxy) is 1. The minimum absolute atomic E-state index is 0.337. The largest absolute Gasteiger partial charge is 0.465 e. The number of hydrogen-bond donors (Lipinski definition) is 1. The van der Waals surface area contributed by atoms with Crippen LogP contribution < -0.4 is 5.36 Å². The van der Waals surface area contributed by atoms with Crippen LogP contribution in [0.2, 0.25) is 0 Å². The Morgan fingerprint density at radius 2 is 1.97 bits per heavy atom. The van der Waals surface area contributed by atoms with E-state index in [1.165, 1.54) is 7.11 Å². The second-order valence-electron chi connectivity index (χ2n) is 7.56. The van der Waals surface area contributed by atoms with Crippen LogP contribution in [0.3, 0.4) is 0 Å². The molecule has 0 radical (unpaired) electrons. The monoisotopic (exact) mass is 390 g/mol. The van der Waals surface area contributed by atoms with E-state index in [1.807, 2.05) is 24.3 Å². The first-order valence-corrected chi connectivity index (χ1v) is 9.78. The van der Waals surface area contributed by atoms with E-state index >= 15 is 0 Å². The van der Waals surface area contributed by atoms with Crippen LogP contribution in [0.15, 0.2) is 47.5 Å². The summed E-state index contributed by atoms with van der Waals surface area (Å²) in [6.07, 6.45) is 0.986. The molecular weight excluding hydrogens is 364 g/mol. The molecule has 2 aromatic heterocycles. The van der Waals surface area contributed by atoms with Gasteiger partial charge in [0.15, 0.2) is 0 Å². The Morgan fingerprint density at radius 3 is 2.72 bits per heavy atom. The van der Waals surface area contributed by atoms with Gasteiger partial charge in [-0.25, -0.2) is 4.79 Å². The number of rotatable bonds is 5. The SMILES string of the molecule is COC(=O)c1ccc2[nH]c3c(c(=NCCCN(C)C)c4ccccc4n3C)c2c1. The summed E-state index contributed by atoms with van der Waals surface area (Å²) in [7, 11) is 7.60. The van der Waals surface area contributed by atoms with Gasteiger partial charge >= 0.3 is 5.97 Å². The zero-order valence-electron chi connectivity index (χ0n) is 17.3. The molecule has 0 aliphatic heterocycles. The zero-order chi connectivity index (χ0) is 20.5. The molecule has 6 nitrogen and oxygen atoms in total. The van der Waals surface area contributed by atoms with E-state index in [9.17, 15) is 4.79 Å². The number of aromatic amines is 1. The van der Waals surface area contributed by atoms with E-state index in [2.05, 4.69) is 47.7 Å². The first-order valence-electron chi connectivity index (χ1n) is 9.78. The van der Waals surface area contributed by atoms with Crippen LogP contribution in [0.1, 0.15) is 16.8 Å². The van der Waals surface area contributed by atoms with Gasteiger partial charge in [-0.1, -0.05) is 18.2 Å². The number of nitrogens with zero attached hydrogens (tertiary/aromatic N) is 3. The topological polar surface area (TPSA) is 62.6 Å². The van der Waals surface area contributed by atoms with E-state index in [0.717, 1.165) is 57.7 Å². The number of para-hydroxylation sites is 1. The van der Waals surface area contributed by atoms with Crippen LogP contribution in [-0.4, -0.2) is 54.7 Å². The number of pyridine rings is 1. The van der Waals surface area contributed by atoms with Crippen molar-refractivity contribution < 1.29 is 9.53 Å². The molecule has 0 saturated carbocycles. The number of esters is 1. The van der Waals surface area contributed by atoms with Crippen molar-refractivity contribution in [3.63, 3.8) is 0 Å². The summed E-state index contributed by atoms with van der Waals surface area (Å²) in [6.45, 7) is 1.74. The van der Waals surface area contributed by atoms with Crippen LogP contribution in [0.5, 0.6) is 0 Å². The van der Waals surface area contributed by atoms with Crippen LogP contribution in [0, 0.1) is 0 Å². The van der Waals surface area contributed by atoms with Gasteiger partial charge in [-0.2, -0.15) is 0 Å².